The lowest BCUT2D eigenvalue weighted by Gasteiger charge is -2.27. The van der Waals surface area contributed by atoms with Gasteiger partial charge in [0.05, 0.1) is 0 Å². The normalized spacial score (nSPS) is 17.8. The fraction of sp³-hybridized carbons (Fsp3) is 0.692. The minimum absolute atomic E-state index is 0.507. The van der Waals surface area contributed by atoms with Crippen molar-refractivity contribution in [1.29, 1.82) is 0 Å². The van der Waals surface area contributed by atoms with E-state index in [1.165, 1.54) is 38.5 Å². The molecule has 1 saturated carbocycles. The summed E-state index contributed by atoms with van der Waals surface area (Å²) in [7, 11) is 2.10. The van der Waals surface area contributed by atoms with Gasteiger partial charge in [-0.05, 0) is 12.8 Å². The molecule has 1 aromatic heterocycles. The third-order valence-electron chi connectivity index (χ3n) is 3.62. The number of nitrogens with zero attached hydrogens (tertiary/aromatic N) is 3. The number of hydrogen-bond acceptors (Lipinski definition) is 4. The molecule has 1 aliphatic rings. The van der Waals surface area contributed by atoms with Gasteiger partial charge in [-0.1, -0.05) is 25.7 Å². The Balaban J connectivity index is 2.03. The molecular formula is C13H22N4. The highest BCUT2D eigenvalue weighted by molar-refractivity contribution is 5.30. The molecule has 1 heterocycles. The molecular weight excluding hydrogens is 212 g/mol. The Bertz CT molecular complexity index is 328. The molecule has 0 spiro atoms. The van der Waals surface area contributed by atoms with Crippen LogP contribution in [0.25, 0.3) is 0 Å². The summed E-state index contributed by atoms with van der Waals surface area (Å²) in [6.45, 7) is 0.507. The van der Waals surface area contributed by atoms with Gasteiger partial charge in [0.1, 0.15) is 0 Å². The zero-order valence-corrected chi connectivity index (χ0v) is 10.6. The van der Waals surface area contributed by atoms with Gasteiger partial charge in [0.25, 0.3) is 0 Å². The number of rotatable bonds is 3. The van der Waals surface area contributed by atoms with Crippen molar-refractivity contribution in [2.24, 2.45) is 5.73 Å². The van der Waals surface area contributed by atoms with E-state index in [1.807, 2.05) is 12.4 Å². The van der Waals surface area contributed by atoms with Crippen LogP contribution in [0.15, 0.2) is 12.4 Å². The van der Waals surface area contributed by atoms with Crippen LogP contribution < -0.4 is 10.6 Å². The van der Waals surface area contributed by atoms with Crippen molar-refractivity contribution in [2.75, 3.05) is 11.9 Å². The van der Waals surface area contributed by atoms with E-state index in [4.69, 9.17) is 5.73 Å². The molecule has 1 fully saturated rings. The molecule has 0 unspecified atom stereocenters. The van der Waals surface area contributed by atoms with Crippen molar-refractivity contribution < 1.29 is 0 Å². The standard InChI is InChI=1S/C13H22N4/c1-17(12-6-4-2-3-5-7-12)13-15-9-11(8-14)10-16-13/h9-10,12H,2-8,14H2,1H3. The highest BCUT2D eigenvalue weighted by Gasteiger charge is 2.18. The lowest BCUT2D eigenvalue weighted by atomic mass is 10.1. The first-order chi connectivity index (χ1) is 8.31. The molecule has 2 rings (SSSR count). The molecule has 17 heavy (non-hydrogen) atoms. The van der Waals surface area contributed by atoms with Crippen LogP contribution in [0.2, 0.25) is 0 Å². The van der Waals surface area contributed by atoms with Crippen LogP contribution in [0.3, 0.4) is 0 Å². The molecule has 0 saturated heterocycles. The predicted molar refractivity (Wildman–Crippen MR) is 69.8 cm³/mol. The second-order valence-electron chi connectivity index (χ2n) is 4.85. The van der Waals surface area contributed by atoms with Gasteiger partial charge in [-0.3, -0.25) is 0 Å². The number of aromatic nitrogens is 2. The summed E-state index contributed by atoms with van der Waals surface area (Å²) in [5, 5.41) is 0. The van der Waals surface area contributed by atoms with Gasteiger partial charge in [0.2, 0.25) is 5.95 Å². The van der Waals surface area contributed by atoms with E-state index < -0.39 is 0 Å². The third-order valence-corrected chi connectivity index (χ3v) is 3.62. The molecule has 2 N–H and O–H groups in total. The fourth-order valence-electron chi connectivity index (χ4n) is 2.44. The Morgan fingerprint density at radius 3 is 2.29 bits per heavy atom. The molecule has 0 amide bonds. The van der Waals surface area contributed by atoms with Gasteiger partial charge < -0.3 is 10.6 Å². The van der Waals surface area contributed by atoms with Gasteiger partial charge in [-0.25, -0.2) is 9.97 Å². The highest BCUT2D eigenvalue weighted by Crippen LogP contribution is 2.23. The number of nitrogens with two attached hydrogens (primary N) is 1. The SMILES string of the molecule is CN(c1ncc(CN)cn1)C1CCCCCC1. The minimum atomic E-state index is 0.507. The quantitative estimate of drug-likeness (QED) is 0.814. The van der Waals surface area contributed by atoms with Crippen LogP contribution in [0.5, 0.6) is 0 Å². The van der Waals surface area contributed by atoms with E-state index in [0.29, 0.717) is 12.6 Å². The smallest absolute Gasteiger partial charge is 0.225 e. The average molecular weight is 234 g/mol. The van der Waals surface area contributed by atoms with Gasteiger partial charge in [0.15, 0.2) is 0 Å². The van der Waals surface area contributed by atoms with E-state index in [0.717, 1.165) is 11.5 Å². The zero-order chi connectivity index (χ0) is 12.1. The Labute approximate surface area is 103 Å². The summed E-state index contributed by atoms with van der Waals surface area (Å²) in [5.74, 6) is 0.828. The molecule has 1 aromatic rings. The second-order valence-corrected chi connectivity index (χ2v) is 4.85. The van der Waals surface area contributed by atoms with Crippen LogP contribution in [0.1, 0.15) is 44.1 Å². The van der Waals surface area contributed by atoms with E-state index in [2.05, 4.69) is 21.9 Å². The lowest BCUT2D eigenvalue weighted by Crippen LogP contribution is -2.32. The van der Waals surface area contributed by atoms with Gasteiger partial charge in [-0.15, -0.1) is 0 Å². The van der Waals surface area contributed by atoms with E-state index >= 15 is 0 Å². The molecule has 0 aliphatic heterocycles. The first-order valence-corrected chi connectivity index (χ1v) is 6.55. The summed E-state index contributed by atoms with van der Waals surface area (Å²) in [4.78, 5) is 11.0. The van der Waals surface area contributed by atoms with Crippen molar-refractivity contribution >= 4 is 5.95 Å². The van der Waals surface area contributed by atoms with Gasteiger partial charge in [-0.2, -0.15) is 0 Å². The Morgan fingerprint density at radius 2 is 1.76 bits per heavy atom. The molecule has 0 atom stereocenters. The fourth-order valence-corrected chi connectivity index (χ4v) is 2.44. The van der Waals surface area contributed by atoms with Crippen LogP contribution in [-0.2, 0) is 6.54 Å². The third kappa shape index (κ3) is 3.16. The molecule has 94 valence electrons. The van der Waals surface area contributed by atoms with E-state index in [-0.39, 0.29) is 0 Å². The topological polar surface area (TPSA) is 55.0 Å². The molecule has 4 heteroatoms. The largest absolute Gasteiger partial charge is 0.341 e. The number of anilines is 1. The maximum absolute atomic E-state index is 5.55. The Kier molecular flexibility index (Phi) is 4.31. The van der Waals surface area contributed by atoms with Crippen molar-refractivity contribution in [3.8, 4) is 0 Å². The predicted octanol–water partition coefficient (Wildman–Crippen LogP) is 2.09. The van der Waals surface area contributed by atoms with Crippen molar-refractivity contribution in [3.63, 3.8) is 0 Å². The minimum Gasteiger partial charge on any atom is -0.341 e. The van der Waals surface area contributed by atoms with E-state index in [9.17, 15) is 0 Å². The first kappa shape index (κ1) is 12.3. The van der Waals surface area contributed by atoms with Crippen LogP contribution in [0.4, 0.5) is 5.95 Å². The summed E-state index contributed by atoms with van der Waals surface area (Å²) in [5.41, 5.74) is 6.53. The molecule has 1 aliphatic carbocycles. The van der Waals surface area contributed by atoms with Crippen LogP contribution in [-0.4, -0.2) is 23.1 Å². The maximum Gasteiger partial charge on any atom is 0.225 e. The van der Waals surface area contributed by atoms with Crippen LogP contribution in [0, 0.1) is 0 Å². The van der Waals surface area contributed by atoms with Gasteiger partial charge in [0, 0.05) is 37.6 Å². The molecule has 0 aromatic carbocycles. The lowest BCUT2D eigenvalue weighted by molar-refractivity contribution is 0.544. The van der Waals surface area contributed by atoms with E-state index in [1.54, 1.807) is 0 Å². The second kappa shape index (κ2) is 5.96. The monoisotopic (exact) mass is 234 g/mol. The maximum atomic E-state index is 5.55. The highest BCUT2D eigenvalue weighted by atomic mass is 15.2. The Hall–Kier alpha value is -1.16. The first-order valence-electron chi connectivity index (χ1n) is 6.55. The molecule has 0 bridgehead atoms. The summed E-state index contributed by atoms with van der Waals surface area (Å²) in [6, 6.07) is 0.598. The average Bonchev–Trinajstić information content (AvgIpc) is 2.67. The van der Waals surface area contributed by atoms with Crippen LogP contribution >= 0.6 is 0 Å². The summed E-state index contributed by atoms with van der Waals surface area (Å²) < 4.78 is 0. The number of hydrogen-bond donors (Lipinski definition) is 1. The summed E-state index contributed by atoms with van der Waals surface area (Å²) in [6.07, 6.45) is 11.6. The van der Waals surface area contributed by atoms with Gasteiger partial charge >= 0.3 is 0 Å². The molecule has 0 radical (unpaired) electrons. The zero-order valence-electron chi connectivity index (χ0n) is 10.6. The van der Waals surface area contributed by atoms with Crippen molar-refractivity contribution in [2.45, 2.75) is 51.1 Å². The van der Waals surface area contributed by atoms with Crippen molar-refractivity contribution in [3.05, 3.63) is 18.0 Å². The Morgan fingerprint density at radius 1 is 1.18 bits per heavy atom. The summed E-state index contributed by atoms with van der Waals surface area (Å²) >= 11 is 0. The van der Waals surface area contributed by atoms with Crippen molar-refractivity contribution in [1.82, 2.24) is 9.97 Å². The molecule has 4 nitrogen and oxygen atoms in total.